The number of methoxy groups -OCH3 is 1. The molecule has 1 saturated heterocycles. The van der Waals surface area contributed by atoms with E-state index in [0.29, 0.717) is 28.3 Å². The quantitative estimate of drug-likeness (QED) is 0.823. The third kappa shape index (κ3) is 4.57. The van der Waals surface area contributed by atoms with Crippen molar-refractivity contribution < 1.29 is 19.1 Å². The Hall–Kier alpha value is -3.15. The molecule has 3 rings (SSSR count). The van der Waals surface area contributed by atoms with Gasteiger partial charge in [0.2, 0.25) is 0 Å². The van der Waals surface area contributed by atoms with Crippen LogP contribution in [-0.4, -0.2) is 42.9 Å². The van der Waals surface area contributed by atoms with E-state index < -0.39 is 5.97 Å². The van der Waals surface area contributed by atoms with Crippen molar-refractivity contribution in [2.24, 2.45) is 5.92 Å². The van der Waals surface area contributed by atoms with Crippen LogP contribution in [0, 0.1) is 5.92 Å². The van der Waals surface area contributed by atoms with Crippen LogP contribution >= 0.6 is 0 Å². The number of hydrogen-bond donors (Lipinski definition) is 1. The molecule has 1 aliphatic rings. The summed E-state index contributed by atoms with van der Waals surface area (Å²) < 4.78 is 4.66. The molecule has 2 aromatic rings. The summed E-state index contributed by atoms with van der Waals surface area (Å²) in [5.41, 5.74) is 1.89. The topological polar surface area (TPSA) is 75.7 Å². The number of piperidine rings is 1. The van der Waals surface area contributed by atoms with Crippen molar-refractivity contribution in [3.8, 4) is 0 Å². The molecule has 2 aromatic carbocycles. The van der Waals surface area contributed by atoms with Crippen molar-refractivity contribution in [3.05, 3.63) is 65.2 Å². The molecule has 1 aliphatic heterocycles. The molecule has 0 saturated carbocycles. The van der Waals surface area contributed by atoms with E-state index in [9.17, 15) is 14.4 Å². The molecule has 0 spiro atoms. The van der Waals surface area contributed by atoms with E-state index >= 15 is 0 Å². The zero-order valence-electron chi connectivity index (χ0n) is 16.1. The Labute approximate surface area is 164 Å². The molecule has 1 heterocycles. The molecular formula is C22H24N2O4. The highest BCUT2D eigenvalue weighted by atomic mass is 16.5. The molecule has 6 heteroatoms. The maximum absolute atomic E-state index is 12.8. The average molecular weight is 380 g/mol. The van der Waals surface area contributed by atoms with Gasteiger partial charge in [-0.2, -0.15) is 0 Å². The Morgan fingerprint density at radius 1 is 1.04 bits per heavy atom. The van der Waals surface area contributed by atoms with E-state index in [1.54, 1.807) is 48.5 Å². The lowest BCUT2D eigenvalue weighted by molar-refractivity contribution is 0.0600. The van der Waals surface area contributed by atoms with Crippen LogP contribution in [0.4, 0.5) is 5.69 Å². The summed E-state index contributed by atoms with van der Waals surface area (Å²) in [4.78, 5) is 38.7. The van der Waals surface area contributed by atoms with Crippen molar-refractivity contribution in [1.29, 1.82) is 0 Å². The highest BCUT2D eigenvalue weighted by Crippen LogP contribution is 2.19. The summed E-state index contributed by atoms with van der Waals surface area (Å²) in [6, 6.07) is 13.2. The maximum atomic E-state index is 12.8. The van der Waals surface area contributed by atoms with Crippen LogP contribution in [0.5, 0.6) is 0 Å². The number of ether oxygens (including phenoxy) is 1. The lowest BCUT2D eigenvalue weighted by atomic mass is 9.99. The monoisotopic (exact) mass is 380 g/mol. The van der Waals surface area contributed by atoms with Crippen LogP contribution in [0.3, 0.4) is 0 Å². The lowest BCUT2D eigenvalue weighted by Crippen LogP contribution is -2.39. The second-order valence-electron chi connectivity index (χ2n) is 7.10. The number of amides is 2. The highest BCUT2D eigenvalue weighted by molar-refractivity contribution is 6.06. The molecule has 2 amide bonds. The van der Waals surface area contributed by atoms with Gasteiger partial charge in [0, 0.05) is 29.9 Å². The number of carbonyl (C=O) groups is 3. The standard InChI is InChI=1S/C22H24N2O4/c1-15-5-4-12-24(14-15)21(26)18-7-3-6-17(13-18)20(25)23-19-10-8-16(9-11-19)22(27)28-2/h3,6-11,13,15H,4-5,12,14H2,1-2H3,(H,23,25). The van der Waals surface area contributed by atoms with E-state index in [1.807, 2.05) is 4.90 Å². The predicted octanol–water partition coefficient (Wildman–Crippen LogP) is 3.60. The zero-order valence-corrected chi connectivity index (χ0v) is 16.1. The molecule has 6 nitrogen and oxygen atoms in total. The third-order valence-corrected chi connectivity index (χ3v) is 4.88. The van der Waals surface area contributed by atoms with Crippen LogP contribution in [-0.2, 0) is 4.74 Å². The van der Waals surface area contributed by atoms with Crippen LogP contribution in [0.25, 0.3) is 0 Å². The van der Waals surface area contributed by atoms with Crippen LogP contribution in [0.15, 0.2) is 48.5 Å². The van der Waals surface area contributed by atoms with E-state index in [4.69, 9.17) is 0 Å². The minimum absolute atomic E-state index is 0.0383. The van der Waals surface area contributed by atoms with Crippen molar-refractivity contribution in [1.82, 2.24) is 4.90 Å². The number of hydrogen-bond acceptors (Lipinski definition) is 4. The van der Waals surface area contributed by atoms with Gasteiger partial charge in [0.05, 0.1) is 12.7 Å². The normalized spacial score (nSPS) is 16.4. The van der Waals surface area contributed by atoms with Gasteiger partial charge >= 0.3 is 5.97 Å². The molecule has 1 unspecified atom stereocenters. The lowest BCUT2D eigenvalue weighted by Gasteiger charge is -2.31. The molecule has 1 N–H and O–H groups in total. The molecule has 0 aliphatic carbocycles. The second-order valence-corrected chi connectivity index (χ2v) is 7.10. The van der Waals surface area contributed by atoms with Gasteiger partial charge in [-0.1, -0.05) is 13.0 Å². The van der Waals surface area contributed by atoms with Crippen molar-refractivity contribution in [3.63, 3.8) is 0 Å². The fourth-order valence-electron chi connectivity index (χ4n) is 3.36. The summed E-state index contributed by atoms with van der Waals surface area (Å²) in [7, 11) is 1.32. The van der Waals surface area contributed by atoms with Gasteiger partial charge in [-0.3, -0.25) is 9.59 Å². The molecule has 0 aromatic heterocycles. The first-order valence-corrected chi connectivity index (χ1v) is 9.37. The molecule has 0 bridgehead atoms. The number of benzene rings is 2. The van der Waals surface area contributed by atoms with Crippen LogP contribution in [0.1, 0.15) is 50.8 Å². The number of esters is 1. The smallest absolute Gasteiger partial charge is 0.337 e. The van der Waals surface area contributed by atoms with Crippen molar-refractivity contribution in [2.45, 2.75) is 19.8 Å². The van der Waals surface area contributed by atoms with E-state index in [0.717, 1.165) is 25.9 Å². The molecule has 0 radical (unpaired) electrons. The molecular weight excluding hydrogens is 356 g/mol. The van der Waals surface area contributed by atoms with E-state index in [2.05, 4.69) is 17.0 Å². The zero-order chi connectivity index (χ0) is 20.1. The second kappa shape index (κ2) is 8.69. The Kier molecular flexibility index (Phi) is 6.09. The first-order valence-electron chi connectivity index (χ1n) is 9.37. The minimum atomic E-state index is -0.434. The van der Waals surface area contributed by atoms with Gasteiger partial charge in [0.25, 0.3) is 11.8 Å². The largest absolute Gasteiger partial charge is 0.465 e. The SMILES string of the molecule is COC(=O)c1ccc(NC(=O)c2cccc(C(=O)N3CCCC(C)C3)c2)cc1. The Bertz CT molecular complexity index is 876. The van der Waals surface area contributed by atoms with Gasteiger partial charge in [-0.25, -0.2) is 4.79 Å². The molecule has 1 fully saturated rings. The van der Waals surface area contributed by atoms with E-state index in [1.165, 1.54) is 7.11 Å². The summed E-state index contributed by atoms with van der Waals surface area (Å²) in [6.07, 6.45) is 2.15. The van der Waals surface area contributed by atoms with E-state index in [-0.39, 0.29) is 11.8 Å². The minimum Gasteiger partial charge on any atom is -0.465 e. The summed E-state index contributed by atoms with van der Waals surface area (Å²) >= 11 is 0. The average Bonchev–Trinajstić information content (AvgIpc) is 2.73. The number of carbonyl (C=O) groups excluding carboxylic acids is 3. The summed E-state index contributed by atoms with van der Waals surface area (Å²) in [6.45, 7) is 3.66. The first-order chi connectivity index (χ1) is 13.5. The molecule has 1 atom stereocenters. The fourth-order valence-corrected chi connectivity index (χ4v) is 3.36. The van der Waals surface area contributed by atoms with Crippen LogP contribution in [0.2, 0.25) is 0 Å². The van der Waals surface area contributed by atoms with Gasteiger partial charge in [0.15, 0.2) is 0 Å². The fraction of sp³-hybridized carbons (Fsp3) is 0.318. The molecule has 146 valence electrons. The Balaban J connectivity index is 1.70. The first kappa shape index (κ1) is 19.6. The number of likely N-dealkylation sites (tertiary alicyclic amines) is 1. The number of nitrogens with one attached hydrogen (secondary N) is 1. The van der Waals surface area contributed by atoms with Gasteiger partial charge < -0.3 is 15.0 Å². The van der Waals surface area contributed by atoms with Crippen LogP contribution < -0.4 is 5.32 Å². The maximum Gasteiger partial charge on any atom is 0.337 e. The van der Waals surface area contributed by atoms with Gasteiger partial charge in [-0.15, -0.1) is 0 Å². The third-order valence-electron chi connectivity index (χ3n) is 4.88. The Morgan fingerprint density at radius 2 is 1.75 bits per heavy atom. The van der Waals surface area contributed by atoms with Gasteiger partial charge in [-0.05, 0) is 61.2 Å². The predicted molar refractivity (Wildman–Crippen MR) is 106 cm³/mol. The van der Waals surface area contributed by atoms with Crippen molar-refractivity contribution >= 4 is 23.5 Å². The summed E-state index contributed by atoms with van der Waals surface area (Å²) in [5, 5.41) is 2.78. The number of anilines is 1. The van der Waals surface area contributed by atoms with Crippen molar-refractivity contribution in [2.75, 3.05) is 25.5 Å². The summed E-state index contributed by atoms with van der Waals surface area (Å²) in [5.74, 6) is -0.288. The van der Waals surface area contributed by atoms with Gasteiger partial charge in [0.1, 0.15) is 0 Å². The number of rotatable bonds is 4. The molecule has 28 heavy (non-hydrogen) atoms. The number of nitrogens with zero attached hydrogens (tertiary/aromatic N) is 1. The Morgan fingerprint density at radius 3 is 2.43 bits per heavy atom. The highest BCUT2D eigenvalue weighted by Gasteiger charge is 2.22.